The van der Waals surface area contributed by atoms with Gasteiger partial charge < -0.3 is 0 Å². The lowest BCUT2D eigenvalue weighted by atomic mass is 9.13. The molecule has 0 spiro atoms. The van der Waals surface area contributed by atoms with Crippen LogP contribution in [0.15, 0.2) is 97.1 Å². The van der Waals surface area contributed by atoms with Crippen LogP contribution in [-0.2, 0) is 0 Å². The quantitative estimate of drug-likeness (QED) is 0.468. The van der Waals surface area contributed by atoms with Crippen LogP contribution in [0.25, 0.3) is 0 Å². The minimum absolute atomic E-state index is 0.273. The lowest BCUT2D eigenvalue weighted by molar-refractivity contribution is 0.628. The first-order valence-electron chi connectivity index (χ1n) is 9.82. The summed E-state index contributed by atoms with van der Waals surface area (Å²) in [5.74, 6) is -0.546. The van der Waals surface area contributed by atoms with Gasteiger partial charge in [-0.05, 0) is 38.1 Å². The minimum atomic E-state index is -1.61. The van der Waals surface area contributed by atoms with Crippen LogP contribution < -0.4 is 21.9 Å². The lowest BCUT2D eigenvalue weighted by Gasteiger charge is -2.44. The molecule has 4 aromatic carbocycles. The van der Waals surface area contributed by atoms with Crippen LogP contribution in [0.2, 0.25) is 0 Å². The Morgan fingerprint density at radius 1 is 0.414 bits per heavy atom. The number of rotatable bonds is 4. The molecule has 0 aliphatic rings. The van der Waals surface area contributed by atoms with Gasteiger partial charge in [-0.25, -0.2) is 8.78 Å². The highest BCUT2D eigenvalue weighted by Crippen LogP contribution is 2.12. The Labute approximate surface area is 170 Å². The molecule has 0 heterocycles. The van der Waals surface area contributed by atoms with Gasteiger partial charge in [0.05, 0.1) is 0 Å². The van der Waals surface area contributed by atoms with Crippen molar-refractivity contribution in [2.45, 2.75) is 13.8 Å². The highest BCUT2D eigenvalue weighted by molar-refractivity contribution is 7.19. The van der Waals surface area contributed by atoms with E-state index in [1.807, 2.05) is 24.3 Å². The molecule has 3 heteroatoms. The van der Waals surface area contributed by atoms with Crippen molar-refractivity contribution >= 4 is 28.0 Å². The number of aryl methyl sites for hydroxylation is 2. The number of hydrogen-bond acceptors (Lipinski definition) is 0. The van der Waals surface area contributed by atoms with Gasteiger partial charge in [-0.3, -0.25) is 0 Å². The summed E-state index contributed by atoms with van der Waals surface area (Å²) in [4.78, 5) is 0. The van der Waals surface area contributed by atoms with Gasteiger partial charge in [0.2, 0.25) is 0 Å². The van der Waals surface area contributed by atoms with Crippen LogP contribution >= 0.6 is 0 Å². The van der Waals surface area contributed by atoms with E-state index in [1.165, 1.54) is 35.4 Å². The van der Waals surface area contributed by atoms with E-state index < -0.39 is 6.15 Å². The molecule has 29 heavy (non-hydrogen) atoms. The first kappa shape index (κ1) is 19.1. The van der Waals surface area contributed by atoms with Crippen molar-refractivity contribution in [3.63, 3.8) is 0 Å². The lowest BCUT2D eigenvalue weighted by Crippen LogP contribution is -2.74. The largest absolute Gasteiger partial charge is 0.207 e. The average Bonchev–Trinajstić information content (AvgIpc) is 2.73. The second kappa shape index (κ2) is 7.67. The third-order valence-electron chi connectivity index (χ3n) is 5.89. The highest BCUT2D eigenvalue weighted by Gasteiger charge is 2.31. The van der Waals surface area contributed by atoms with Gasteiger partial charge in [0, 0.05) is 0 Å². The monoisotopic (exact) mass is 383 g/mol. The van der Waals surface area contributed by atoms with Gasteiger partial charge >= 0.3 is 0 Å². The zero-order chi connectivity index (χ0) is 20.4. The number of hydrogen-bond donors (Lipinski definition) is 0. The fourth-order valence-electron chi connectivity index (χ4n) is 4.37. The van der Waals surface area contributed by atoms with E-state index in [1.54, 1.807) is 0 Å². The van der Waals surface area contributed by atoms with E-state index in [0.29, 0.717) is 0 Å². The van der Waals surface area contributed by atoms with Gasteiger partial charge in [-0.2, -0.15) is 21.9 Å². The Morgan fingerprint density at radius 3 is 0.931 bits per heavy atom. The van der Waals surface area contributed by atoms with Crippen LogP contribution in [0, 0.1) is 25.5 Å². The molecule has 0 aromatic heterocycles. The standard InChI is InChI=1S/C26H22BF2/c1-19-3-7-21(8-4-19)27(22-9-5-20(2)6-10-22,23-11-15-25(28)16-12-23)24-13-17-26(29)18-14-24/h3-18H,1-2H3/q-1. The summed E-state index contributed by atoms with van der Waals surface area (Å²) in [5, 5.41) is 0. The van der Waals surface area contributed by atoms with E-state index in [0.717, 1.165) is 21.9 Å². The molecule has 0 radical (unpaired) electrons. The Balaban J connectivity index is 2.11. The second-order valence-corrected chi connectivity index (χ2v) is 7.79. The second-order valence-electron chi connectivity index (χ2n) is 7.79. The Hall–Kier alpha value is -3.20. The predicted molar refractivity (Wildman–Crippen MR) is 119 cm³/mol. The van der Waals surface area contributed by atoms with E-state index >= 15 is 0 Å². The van der Waals surface area contributed by atoms with Crippen LogP contribution in [0.4, 0.5) is 8.78 Å². The fourth-order valence-corrected chi connectivity index (χ4v) is 4.37. The molecule has 0 amide bonds. The summed E-state index contributed by atoms with van der Waals surface area (Å²) >= 11 is 0. The average molecular weight is 383 g/mol. The molecule has 0 saturated carbocycles. The molecule has 4 rings (SSSR count). The fraction of sp³-hybridized carbons (Fsp3) is 0.0769. The first-order valence-corrected chi connectivity index (χ1v) is 9.82. The van der Waals surface area contributed by atoms with Crippen molar-refractivity contribution in [3.8, 4) is 0 Å². The van der Waals surface area contributed by atoms with Crippen molar-refractivity contribution in [1.82, 2.24) is 0 Å². The van der Waals surface area contributed by atoms with Crippen LogP contribution in [0.1, 0.15) is 11.1 Å². The topological polar surface area (TPSA) is 0 Å². The Morgan fingerprint density at radius 2 is 0.655 bits per heavy atom. The Bertz CT molecular complexity index is 910. The molecule has 0 fully saturated rings. The normalized spacial score (nSPS) is 11.4. The third-order valence-corrected chi connectivity index (χ3v) is 5.89. The van der Waals surface area contributed by atoms with Crippen LogP contribution in [0.5, 0.6) is 0 Å². The zero-order valence-corrected chi connectivity index (χ0v) is 16.6. The van der Waals surface area contributed by atoms with E-state index in [4.69, 9.17) is 0 Å². The number of halogens is 2. The minimum Gasteiger partial charge on any atom is -0.207 e. The molecule has 0 bridgehead atoms. The summed E-state index contributed by atoms with van der Waals surface area (Å²) in [7, 11) is 0. The molecule has 144 valence electrons. The molecule has 4 aromatic rings. The first-order chi connectivity index (χ1) is 14.0. The van der Waals surface area contributed by atoms with Crippen molar-refractivity contribution in [3.05, 3.63) is 120 Å². The zero-order valence-electron chi connectivity index (χ0n) is 16.6. The van der Waals surface area contributed by atoms with Crippen molar-refractivity contribution in [1.29, 1.82) is 0 Å². The molecule has 0 unspecified atom stereocenters. The van der Waals surface area contributed by atoms with Crippen LogP contribution in [0.3, 0.4) is 0 Å². The van der Waals surface area contributed by atoms with E-state index in [9.17, 15) is 8.78 Å². The molecule has 0 nitrogen and oxygen atoms in total. The molecule has 0 atom stereocenters. The van der Waals surface area contributed by atoms with Gasteiger partial charge in [0.15, 0.2) is 0 Å². The third kappa shape index (κ3) is 3.49. The van der Waals surface area contributed by atoms with Gasteiger partial charge in [-0.1, -0.05) is 83.9 Å². The molecular weight excluding hydrogens is 361 g/mol. The van der Waals surface area contributed by atoms with Gasteiger partial charge in [0.1, 0.15) is 17.8 Å². The predicted octanol–water partition coefficient (Wildman–Crippen LogP) is 3.96. The Kier molecular flexibility index (Phi) is 5.06. The highest BCUT2D eigenvalue weighted by atomic mass is 19.1. The number of benzene rings is 4. The van der Waals surface area contributed by atoms with Crippen molar-refractivity contribution in [2.75, 3.05) is 0 Å². The molecular formula is C26H22BF2-. The summed E-state index contributed by atoms with van der Waals surface area (Å²) in [6.45, 7) is 4.11. The summed E-state index contributed by atoms with van der Waals surface area (Å²) in [5.41, 5.74) is 6.54. The summed E-state index contributed by atoms with van der Waals surface area (Å²) < 4.78 is 27.6. The maximum Gasteiger partial charge on any atom is 0.122 e. The SMILES string of the molecule is Cc1ccc([B-](c2ccc(C)cc2)(c2ccc(F)cc2)c2ccc(F)cc2)cc1. The van der Waals surface area contributed by atoms with Gasteiger partial charge in [-0.15, -0.1) is 0 Å². The molecule has 0 aliphatic heterocycles. The van der Waals surface area contributed by atoms with Crippen molar-refractivity contribution < 1.29 is 8.78 Å². The van der Waals surface area contributed by atoms with E-state index in [2.05, 4.69) is 62.4 Å². The maximum absolute atomic E-state index is 13.8. The summed E-state index contributed by atoms with van der Waals surface area (Å²) in [6.07, 6.45) is -1.61. The molecule has 0 saturated heterocycles. The molecule has 0 aliphatic carbocycles. The van der Waals surface area contributed by atoms with Crippen molar-refractivity contribution in [2.24, 2.45) is 0 Å². The smallest absolute Gasteiger partial charge is 0.122 e. The molecule has 0 N–H and O–H groups in total. The van der Waals surface area contributed by atoms with Crippen LogP contribution in [-0.4, -0.2) is 6.15 Å². The van der Waals surface area contributed by atoms with E-state index in [-0.39, 0.29) is 11.6 Å². The maximum atomic E-state index is 13.8. The van der Waals surface area contributed by atoms with Gasteiger partial charge in [0.25, 0.3) is 0 Å². The summed E-state index contributed by atoms with van der Waals surface area (Å²) in [6, 6.07) is 30.2.